The molecular formula is C15H13Br2NO3. The molecule has 0 saturated carbocycles. The van der Waals surface area contributed by atoms with E-state index >= 15 is 0 Å². The maximum Gasteiger partial charge on any atom is 0.231 e. The van der Waals surface area contributed by atoms with Crippen molar-refractivity contribution >= 4 is 37.5 Å². The predicted octanol–water partition coefficient (Wildman–Crippen LogP) is 4.56. The van der Waals surface area contributed by atoms with Crippen LogP contribution in [0.1, 0.15) is 5.56 Å². The van der Waals surface area contributed by atoms with Crippen molar-refractivity contribution in [2.75, 3.05) is 19.2 Å². The van der Waals surface area contributed by atoms with Gasteiger partial charge in [0.05, 0.1) is 12.8 Å². The second kappa shape index (κ2) is 6.15. The summed E-state index contributed by atoms with van der Waals surface area (Å²) in [6.07, 6.45) is 0. The molecule has 0 fully saturated rings. The first-order chi connectivity index (χ1) is 10.2. The van der Waals surface area contributed by atoms with Gasteiger partial charge in [0.25, 0.3) is 0 Å². The lowest BCUT2D eigenvalue weighted by Gasteiger charge is -2.12. The zero-order chi connectivity index (χ0) is 14.8. The minimum absolute atomic E-state index is 0.234. The number of fused-ring (bicyclic) bond motifs is 1. The van der Waals surface area contributed by atoms with Gasteiger partial charge in [0.1, 0.15) is 0 Å². The molecule has 1 N–H and O–H groups in total. The number of halogens is 2. The van der Waals surface area contributed by atoms with E-state index in [-0.39, 0.29) is 6.79 Å². The highest BCUT2D eigenvalue weighted by Gasteiger charge is 2.20. The molecule has 0 saturated heterocycles. The maximum absolute atomic E-state index is 5.43. The van der Waals surface area contributed by atoms with Gasteiger partial charge >= 0.3 is 0 Å². The molecule has 2 aromatic carbocycles. The van der Waals surface area contributed by atoms with E-state index in [2.05, 4.69) is 37.2 Å². The molecule has 1 aliphatic heterocycles. The first-order valence-electron chi connectivity index (χ1n) is 6.33. The third-order valence-electron chi connectivity index (χ3n) is 3.15. The van der Waals surface area contributed by atoms with Crippen molar-refractivity contribution in [3.63, 3.8) is 0 Å². The zero-order valence-corrected chi connectivity index (χ0v) is 14.5. The Morgan fingerprint density at radius 3 is 2.67 bits per heavy atom. The lowest BCUT2D eigenvalue weighted by Crippen LogP contribution is -2.01. The predicted molar refractivity (Wildman–Crippen MR) is 88.3 cm³/mol. The molecule has 0 unspecified atom stereocenters. The van der Waals surface area contributed by atoms with E-state index in [4.69, 9.17) is 14.2 Å². The SMILES string of the molecule is COc1cc(CNc2c(Br)cccc2Br)cc2c1OCO2. The second-order valence-electron chi connectivity index (χ2n) is 4.48. The van der Waals surface area contributed by atoms with Crippen LogP contribution in [-0.4, -0.2) is 13.9 Å². The van der Waals surface area contributed by atoms with Crippen LogP contribution in [0.2, 0.25) is 0 Å². The summed E-state index contributed by atoms with van der Waals surface area (Å²) in [7, 11) is 1.62. The van der Waals surface area contributed by atoms with Crippen molar-refractivity contribution in [3.8, 4) is 17.2 Å². The number of ether oxygens (including phenoxy) is 3. The molecule has 0 radical (unpaired) electrons. The molecule has 1 aliphatic rings. The van der Waals surface area contributed by atoms with Gasteiger partial charge in [-0.2, -0.15) is 0 Å². The van der Waals surface area contributed by atoms with Crippen LogP contribution >= 0.6 is 31.9 Å². The summed E-state index contributed by atoms with van der Waals surface area (Å²) in [6, 6.07) is 9.87. The lowest BCUT2D eigenvalue weighted by atomic mass is 10.1. The van der Waals surface area contributed by atoms with E-state index in [1.54, 1.807) is 7.11 Å². The van der Waals surface area contributed by atoms with Crippen LogP contribution in [0, 0.1) is 0 Å². The summed E-state index contributed by atoms with van der Waals surface area (Å²) in [5, 5.41) is 3.39. The highest BCUT2D eigenvalue weighted by molar-refractivity contribution is 9.11. The van der Waals surface area contributed by atoms with Crippen LogP contribution in [0.15, 0.2) is 39.3 Å². The number of benzene rings is 2. The summed E-state index contributed by atoms with van der Waals surface area (Å²) in [5.74, 6) is 2.08. The normalized spacial score (nSPS) is 12.3. The van der Waals surface area contributed by atoms with E-state index in [9.17, 15) is 0 Å². The Hall–Kier alpha value is -1.40. The minimum atomic E-state index is 0.234. The first kappa shape index (κ1) is 14.5. The van der Waals surface area contributed by atoms with Crippen LogP contribution in [0.4, 0.5) is 5.69 Å². The number of nitrogens with one attached hydrogen (secondary N) is 1. The molecule has 4 nitrogen and oxygen atoms in total. The van der Waals surface area contributed by atoms with Gasteiger partial charge in [0.2, 0.25) is 12.5 Å². The van der Waals surface area contributed by atoms with Crippen LogP contribution in [0.25, 0.3) is 0 Å². The number of methoxy groups -OCH3 is 1. The molecule has 1 heterocycles. The van der Waals surface area contributed by atoms with Gasteiger partial charge in [-0.15, -0.1) is 0 Å². The largest absolute Gasteiger partial charge is 0.493 e. The fourth-order valence-corrected chi connectivity index (χ4v) is 3.42. The molecule has 6 heteroatoms. The molecule has 0 aliphatic carbocycles. The van der Waals surface area contributed by atoms with Gasteiger partial charge in [0, 0.05) is 15.5 Å². The Kier molecular flexibility index (Phi) is 4.26. The average Bonchev–Trinajstić information content (AvgIpc) is 2.94. The molecule has 0 amide bonds. The van der Waals surface area contributed by atoms with Gasteiger partial charge in [-0.1, -0.05) is 6.07 Å². The van der Waals surface area contributed by atoms with Gasteiger partial charge in [-0.3, -0.25) is 0 Å². The molecule has 0 bridgehead atoms. The Morgan fingerprint density at radius 2 is 1.95 bits per heavy atom. The first-order valence-corrected chi connectivity index (χ1v) is 7.92. The van der Waals surface area contributed by atoms with Crippen molar-refractivity contribution in [3.05, 3.63) is 44.8 Å². The fraction of sp³-hybridized carbons (Fsp3) is 0.200. The van der Waals surface area contributed by atoms with Gasteiger partial charge < -0.3 is 19.5 Å². The summed E-state index contributed by atoms with van der Waals surface area (Å²) >= 11 is 7.07. The molecule has 0 aromatic heterocycles. The quantitative estimate of drug-likeness (QED) is 0.795. The summed E-state index contributed by atoms with van der Waals surface area (Å²) < 4.78 is 18.2. The summed E-state index contributed by atoms with van der Waals surface area (Å²) in [4.78, 5) is 0. The third-order valence-corrected chi connectivity index (χ3v) is 4.47. The van der Waals surface area contributed by atoms with Crippen molar-refractivity contribution in [1.82, 2.24) is 0 Å². The summed E-state index contributed by atoms with van der Waals surface area (Å²) in [5.41, 5.74) is 2.06. The van der Waals surface area contributed by atoms with Crippen molar-refractivity contribution in [1.29, 1.82) is 0 Å². The Balaban J connectivity index is 1.83. The van der Waals surface area contributed by atoms with Gasteiger partial charge in [0.15, 0.2) is 11.5 Å². The Bertz CT molecular complexity index is 656. The molecule has 3 rings (SSSR count). The van der Waals surface area contributed by atoms with Crippen molar-refractivity contribution in [2.45, 2.75) is 6.54 Å². The van der Waals surface area contributed by atoms with Crippen LogP contribution in [0.3, 0.4) is 0 Å². The Morgan fingerprint density at radius 1 is 1.19 bits per heavy atom. The number of rotatable bonds is 4. The number of para-hydroxylation sites is 1. The third kappa shape index (κ3) is 2.96. The highest BCUT2D eigenvalue weighted by Crippen LogP contribution is 2.42. The van der Waals surface area contributed by atoms with E-state index in [1.807, 2.05) is 30.3 Å². The standard InChI is InChI=1S/C15H13Br2NO3/c1-19-12-5-9(6-13-15(12)21-8-20-13)7-18-14-10(16)3-2-4-11(14)17/h2-6,18H,7-8H2,1H3. The van der Waals surface area contributed by atoms with E-state index in [0.29, 0.717) is 18.0 Å². The number of hydrogen-bond donors (Lipinski definition) is 1. The molecule has 0 atom stereocenters. The number of anilines is 1. The smallest absolute Gasteiger partial charge is 0.231 e. The van der Waals surface area contributed by atoms with Crippen LogP contribution in [0.5, 0.6) is 17.2 Å². The van der Waals surface area contributed by atoms with E-state index in [0.717, 1.165) is 25.9 Å². The van der Waals surface area contributed by atoms with Gasteiger partial charge in [-0.25, -0.2) is 0 Å². The minimum Gasteiger partial charge on any atom is -0.493 e. The zero-order valence-electron chi connectivity index (χ0n) is 11.3. The van der Waals surface area contributed by atoms with Gasteiger partial charge in [-0.05, 0) is 61.7 Å². The average molecular weight is 415 g/mol. The topological polar surface area (TPSA) is 39.7 Å². The van der Waals surface area contributed by atoms with Crippen LogP contribution < -0.4 is 19.5 Å². The van der Waals surface area contributed by atoms with Crippen molar-refractivity contribution < 1.29 is 14.2 Å². The number of hydrogen-bond acceptors (Lipinski definition) is 4. The summed E-state index contributed by atoms with van der Waals surface area (Å²) in [6.45, 7) is 0.882. The van der Waals surface area contributed by atoms with Crippen LogP contribution in [-0.2, 0) is 6.54 Å². The lowest BCUT2D eigenvalue weighted by molar-refractivity contribution is 0.171. The molecular weight excluding hydrogens is 402 g/mol. The van der Waals surface area contributed by atoms with E-state index in [1.165, 1.54) is 0 Å². The molecule has 0 spiro atoms. The fourth-order valence-electron chi connectivity index (χ4n) is 2.14. The highest BCUT2D eigenvalue weighted by atomic mass is 79.9. The van der Waals surface area contributed by atoms with Crippen molar-refractivity contribution in [2.24, 2.45) is 0 Å². The maximum atomic E-state index is 5.43. The molecule has 21 heavy (non-hydrogen) atoms. The Labute approximate surface area is 139 Å². The molecule has 2 aromatic rings. The molecule has 110 valence electrons. The monoisotopic (exact) mass is 413 g/mol. The second-order valence-corrected chi connectivity index (χ2v) is 6.19. The van der Waals surface area contributed by atoms with E-state index < -0.39 is 0 Å².